The minimum atomic E-state index is 0.329. The van der Waals surface area contributed by atoms with Gasteiger partial charge in [-0.15, -0.1) is 0 Å². The fraction of sp³-hybridized carbons (Fsp3) is 0.438. The smallest absolute Gasteiger partial charge is 0.0624 e. The van der Waals surface area contributed by atoms with Gasteiger partial charge in [-0.1, -0.05) is 25.1 Å². The maximum Gasteiger partial charge on any atom is 0.0624 e. The lowest BCUT2D eigenvalue weighted by Crippen LogP contribution is -2.21. The molecule has 4 heteroatoms. The number of halogens is 1. The van der Waals surface area contributed by atoms with Gasteiger partial charge in [-0.3, -0.25) is 4.68 Å². The van der Waals surface area contributed by atoms with Gasteiger partial charge in [0.2, 0.25) is 0 Å². The highest BCUT2D eigenvalue weighted by Crippen LogP contribution is 2.23. The van der Waals surface area contributed by atoms with E-state index in [2.05, 4.69) is 81.9 Å². The molecule has 0 bridgehead atoms. The number of aryl methyl sites for hydroxylation is 2. The summed E-state index contributed by atoms with van der Waals surface area (Å²) in [5.41, 5.74) is 3.85. The minimum absolute atomic E-state index is 0.329. The first kappa shape index (κ1) is 15.5. The monoisotopic (exact) mass is 383 g/mol. The van der Waals surface area contributed by atoms with E-state index in [1.807, 2.05) is 7.05 Å². The standard InChI is InChI=1S/C16H22IN3/c1-4-12-10-13(20(5-2)19-12)11-16(18-3)14-8-6-7-9-15(14)17/h6-10,16,18H,4-5,11H2,1-3H3. The molecule has 0 radical (unpaired) electrons. The zero-order chi connectivity index (χ0) is 14.5. The lowest BCUT2D eigenvalue weighted by molar-refractivity contribution is 0.539. The predicted octanol–water partition coefficient (Wildman–Crippen LogP) is 3.57. The third-order valence-electron chi connectivity index (χ3n) is 3.62. The number of likely N-dealkylation sites (N-methyl/N-ethyl adjacent to an activating group) is 1. The third-order valence-corrected chi connectivity index (χ3v) is 4.60. The molecule has 1 unspecified atom stereocenters. The van der Waals surface area contributed by atoms with E-state index in [1.165, 1.54) is 20.5 Å². The van der Waals surface area contributed by atoms with Gasteiger partial charge in [0.25, 0.3) is 0 Å². The van der Waals surface area contributed by atoms with E-state index < -0.39 is 0 Å². The van der Waals surface area contributed by atoms with E-state index >= 15 is 0 Å². The van der Waals surface area contributed by atoms with Crippen LogP contribution in [0.2, 0.25) is 0 Å². The largest absolute Gasteiger partial charge is 0.313 e. The molecular weight excluding hydrogens is 361 g/mol. The van der Waals surface area contributed by atoms with Crippen molar-refractivity contribution in [2.24, 2.45) is 0 Å². The van der Waals surface area contributed by atoms with Crippen LogP contribution in [0.5, 0.6) is 0 Å². The lowest BCUT2D eigenvalue weighted by Gasteiger charge is -2.18. The van der Waals surface area contributed by atoms with Gasteiger partial charge < -0.3 is 5.32 Å². The number of benzene rings is 1. The Morgan fingerprint density at radius 1 is 1.30 bits per heavy atom. The van der Waals surface area contributed by atoms with E-state index in [0.717, 1.165) is 19.4 Å². The van der Waals surface area contributed by atoms with Crippen molar-refractivity contribution in [1.29, 1.82) is 0 Å². The summed E-state index contributed by atoms with van der Waals surface area (Å²) in [4.78, 5) is 0. The molecule has 1 heterocycles. The van der Waals surface area contributed by atoms with Crippen LogP contribution in [-0.2, 0) is 19.4 Å². The summed E-state index contributed by atoms with van der Waals surface area (Å²) in [5, 5.41) is 8.08. The van der Waals surface area contributed by atoms with Crippen molar-refractivity contribution in [2.45, 2.75) is 39.3 Å². The van der Waals surface area contributed by atoms with Crippen molar-refractivity contribution in [3.8, 4) is 0 Å². The van der Waals surface area contributed by atoms with Crippen molar-refractivity contribution in [1.82, 2.24) is 15.1 Å². The summed E-state index contributed by atoms with van der Waals surface area (Å²) >= 11 is 2.41. The third kappa shape index (κ3) is 3.41. The van der Waals surface area contributed by atoms with Gasteiger partial charge in [0.1, 0.15) is 0 Å². The molecule has 1 atom stereocenters. The summed E-state index contributed by atoms with van der Waals surface area (Å²) in [6.45, 7) is 5.23. The number of hydrogen-bond acceptors (Lipinski definition) is 2. The van der Waals surface area contributed by atoms with Gasteiger partial charge in [-0.2, -0.15) is 5.10 Å². The van der Waals surface area contributed by atoms with Crippen LogP contribution in [0, 0.1) is 3.57 Å². The Bertz CT molecular complexity index is 563. The maximum atomic E-state index is 4.64. The normalized spacial score (nSPS) is 12.6. The van der Waals surface area contributed by atoms with Gasteiger partial charge in [-0.25, -0.2) is 0 Å². The highest BCUT2D eigenvalue weighted by molar-refractivity contribution is 14.1. The fourth-order valence-corrected chi connectivity index (χ4v) is 3.22. The Hall–Kier alpha value is -0.880. The van der Waals surface area contributed by atoms with Crippen molar-refractivity contribution < 1.29 is 0 Å². The highest BCUT2D eigenvalue weighted by atomic mass is 127. The van der Waals surface area contributed by atoms with Gasteiger partial charge in [0.05, 0.1) is 5.69 Å². The molecule has 0 saturated heterocycles. The summed E-state index contributed by atoms with van der Waals surface area (Å²) in [6, 6.07) is 11.1. The summed E-state index contributed by atoms with van der Waals surface area (Å²) in [7, 11) is 2.03. The van der Waals surface area contributed by atoms with Crippen LogP contribution in [0.15, 0.2) is 30.3 Å². The first-order valence-electron chi connectivity index (χ1n) is 7.16. The number of nitrogens with one attached hydrogen (secondary N) is 1. The average molecular weight is 383 g/mol. The first-order valence-corrected chi connectivity index (χ1v) is 8.24. The zero-order valence-corrected chi connectivity index (χ0v) is 14.5. The summed E-state index contributed by atoms with van der Waals surface area (Å²) in [5.74, 6) is 0. The summed E-state index contributed by atoms with van der Waals surface area (Å²) in [6.07, 6.45) is 1.96. The molecule has 0 spiro atoms. The van der Waals surface area contributed by atoms with Crippen LogP contribution in [0.25, 0.3) is 0 Å². The van der Waals surface area contributed by atoms with E-state index in [0.29, 0.717) is 6.04 Å². The number of rotatable bonds is 6. The number of hydrogen-bond donors (Lipinski definition) is 1. The molecule has 0 amide bonds. The molecule has 1 N–H and O–H groups in total. The average Bonchev–Trinajstić information content (AvgIpc) is 2.88. The molecule has 108 valence electrons. The molecule has 0 aliphatic carbocycles. The molecular formula is C16H22IN3. The fourth-order valence-electron chi connectivity index (χ4n) is 2.46. The van der Waals surface area contributed by atoms with E-state index in [1.54, 1.807) is 0 Å². The predicted molar refractivity (Wildman–Crippen MR) is 91.9 cm³/mol. The van der Waals surface area contributed by atoms with Crippen molar-refractivity contribution in [3.05, 3.63) is 50.9 Å². The molecule has 0 fully saturated rings. The van der Waals surface area contributed by atoms with Crippen molar-refractivity contribution in [3.63, 3.8) is 0 Å². The Kier molecular flexibility index (Phi) is 5.60. The van der Waals surface area contributed by atoms with Crippen LogP contribution in [0.3, 0.4) is 0 Å². The second-order valence-electron chi connectivity index (χ2n) is 4.86. The molecule has 0 aliphatic rings. The Labute approximate surface area is 134 Å². The second kappa shape index (κ2) is 7.22. The topological polar surface area (TPSA) is 29.9 Å². The minimum Gasteiger partial charge on any atom is -0.313 e. The molecule has 0 saturated carbocycles. The van der Waals surface area contributed by atoms with Gasteiger partial charge in [0, 0.05) is 28.3 Å². The lowest BCUT2D eigenvalue weighted by atomic mass is 10.0. The zero-order valence-electron chi connectivity index (χ0n) is 12.4. The van der Waals surface area contributed by atoms with E-state index in [-0.39, 0.29) is 0 Å². The SMILES string of the molecule is CCc1cc(CC(NC)c2ccccc2I)n(CC)n1. The number of nitrogens with zero attached hydrogens (tertiary/aromatic N) is 2. The molecule has 2 aromatic rings. The van der Waals surface area contributed by atoms with E-state index in [4.69, 9.17) is 0 Å². The number of aromatic nitrogens is 2. The van der Waals surface area contributed by atoms with Crippen LogP contribution in [-0.4, -0.2) is 16.8 Å². The van der Waals surface area contributed by atoms with Crippen molar-refractivity contribution in [2.75, 3.05) is 7.05 Å². The van der Waals surface area contributed by atoms with E-state index in [9.17, 15) is 0 Å². The van der Waals surface area contributed by atoms with Crippen LogP contribution < -0.4 is 5.32 Å². The first-order chi connectivity index (χ1) is 9.69. The van der Waals surface area contributed by atoms with Gasteiger partial charge >= 0.3 is 0 Å². The molecule has 1 aromatic heterocycles. The Morgan fingerprint density at radius 2 is 2.05 bits per heavy atom. The molecule has 2 rings (SSSR count). The quantitative estimate of drug-likeness (QED) is 0.773. The van der Waals surface area contributed by atoms with Gasteiger partial charge in [-0.05, 0) is 60.7 Å². The molecule has 3 nitrogen and oxygen atoms in total. The highest BCUT2D eigenvalue weighted by Gasteiger charge is 2.16. The molecule has 1 aromatic carbocycles. The Morgan fingerprint density at radius 3 is 2.65 bits per heavy atom. The molecule has 20 heavy (non-hydrogen) atoms. The molecule has 0 aliphatic heterocycles. The van der Waals surface area contributed by atoms with Crippen LogP contribution in [0.1, 0.15) is 36.8 Å². The second-order valence-corrected chi connectivity index (χ2v) is 6.03. The maximum absolute atomic E-state index is 4.64. The van der Waals surface area contributed by atoms with Gasteiger partial charge in [0.15, 0.2) is 0 Å². The van der Waals surface area contributed by atoms with Crippen LogP contribution >= 0.6 is 22.6 Å². The van der Waals surface area contributed by atoms with Crippen LogP contribution in [0.4, 0.5) is 0 Å². The summed E-state index contributed by atoms with van der Waals surface area (Å²) < 4.78 is 3.43. The Balaban J connectivity index is 2.26. The van der Waals surface area contributed by atoms with Crippen molar-refractivity contribution >= 4 is 22.6 Å².